The lowest BCUT2D eigenvalue weighted by molar-refractivity contribution is -0.134. The highest BCUT2D eigenvalue weighted by Crippen LogP contribution is 2.66. The van der Waals surface area contributed by atoms with Crippen LogP contribution in [0.4, 0.5) is 0 Å². The predicted octanol–water partition coefficient (Wildman–Crippen LogP) is 5.06. The van der Waals surface area contributed by atoms with Crippen LogP contribution >= 0.6 is 0 Å². The van der Waals surface area contributed by atoms with Gasteiger partial charge in [-0.05, 0) is 85.9 Å². The summed E-state index contributed by atoms with van der Waals surface area (Å²) in [6.07, 6.45) is 14.3. The Morgan fingerprint density at radius 3 is 2.68 bits per heavy atom. The molecule has 0 aromatic carbocycles. The first-order valence-corrected chi connectivity index (χ1v) is 12.6. The van der Waals surface area contributed by atoms with Gasteiger partial charge in [-0.25, -0.2) is 4.79 Å². The van der Waals surface area contributed by atoms with E-state index in [1.54, 1.807) is 12.4 Å². The van der Waals surface area contributed by atoms with Crippen molar-refractivity contribution in [1.29, 1.82) is 0 Å². The number of ketones is 1. The molecule has 0 aliphatic heterocycles. The third kappa shape index (κ3) is 3.85. The summed E-state index contributed by atoms with van der Waals surface area (Å²) in [5.41, 5.74) is 0.323. The van der Waals surface area contributed by atoms with E-state index in [0.717, 1.165) is 37.2 Å². The Balaban J connectivity index is 1.53. The molecule has 7 atom stereocenters. The monoisotopic (exact) mass is 430 g/mol. The number of aromatic nitrogens is 2. The number of nitrogens with zero attached hydrogens (tertiary/aromatic N) is 1. The summed E-state index contributed by atoms with van der Waals surface area (Å²) in [4.78, 5) is 27.9. The zero-order valence-electron chi connectivity index (χ0n) is 20.0. The van der Waals surface area contributed by atoms with Crippen LogP contribution in [0.5, 0.6) is 0 Å². The molecule has 1 heterocycles. The van der Waals surface area contributed by atoms with Crippen molar-refractivity contribution >= 4 is 5.78 Å². The van der Waals surface area contributed by atoms with Crippen molar-refractivity contribution in [2.24, 2.45) is 40.4 Å². The van der Waals surface area contributed by atoms with Crippen LogP contribution in [0, 0.1) is 40.4 Å². The average Bonchev–Trinajstić information content (AvgIpc) is 3.30. The van der Waals surface area contributed by atoms with E-state index in [2.05, 4.69) is 25.8 Å². The Morgan fingerprint density at radius 1 is 1.19 bits per heavy atom. The van der Waals surface area contributed by atoms with Gasteiger partial charge in [-0.15, -0.1) is 0 Å². The molecule has 5 heteroatoms. The molecule has 4 rings (SSSR count). The minimum absolute atomic E-state index is 0.101. The number of carbonyl (C=O) groups is 1. The standard InChI is InChI=1S/C26H42N2O3/c1-5-12-25(2)18(11-16-31-4)6-7-19-20-8-9-22(26(20,3)13-10-21(19)25)23(29)17-28-15-14-27-24(28)30/h14-15,18-22H,5-13,16-17H2,1-4H3,(H,27,30). The zero-order valence-corrected chi connectivity index (χ0v) is 20.0. The normalized spacial score (nSPS) is 39.8. The molecule has 0 radical (unpaired) electrons. The molecular weight excluding hydrogens is 388 g/mol. The summed E-state index contributed by atoms with van der Waals surface area (Å²) in [6, 6.07) is 0. The molecule has 0 spiro atoms. The lowest BCUT2D eigenvalue weighted by atomic mass is 9.46. The molecule has 3 aliphatic carbocycles. The van der Waals surface area contributed by atoms with Gasteiger partial charge in [-0.2, -0.15) is 0 Å². The molecule has 0 bridgehead atoms. The molecule has 31 heavy (non-hydrogen) atoms. The first-order chi connectivity index (χ1) is 14.8. The Bertz CT molecular complexity index is 829. The third-order valence-electron chi connectivity index (χ3n) is 9.96. The smallest absolute Gasteiger partial charge is 0.325 e. The second-order valence-corrected chi connectivity index (χ2v) is 11.2. The highest BCUT2D eigenvalue weighted by molar-refractivity contribution is 5.82. The highest BCUT2D eigenvalue weighted by atomic mass is 16.5. The fraction of sp³-hybridized carbons (Fsp3) is 0.846. The summed E-state index contributed by atoms with van der Waals surface area (Å²) in [7, 11) is 1.83. The number of ether oxygens (including phenoxy) is 1. The number of rotatable bonds is 8. The Kier molecular flexibility index (Phi) is 6.54. The Hall–Kier alpha value is -1.36. The minimum Gasteiger partial charge on any atom is -0.385 e. The number of nitrogens with one attached hydrogen (secondary N) is 1. The molecule has 3 fully saturated rings. The highest BCUT2D eigenvalue weighted by Gasteiger charge is 2.60. The van der Waals surface area contributed by atoms with E-state index in [-0.39, 0.29) is 29.4 Å². The summed E-state index contributed by atoms with van der Waals surface area (Å²) < 4.78 is 7.00. The second-order valence-electron chi connectivity index (χ2n) is 11.2. The number of fused-ring (bicyclic) bond motifs is 3. The van der Waals surface area contributed by atoms with Gasteiger partial charge in [-0.1, -0.05) is 27.2 Å². The zero-order chi connectivity index (χ0) is 22.2. The van der Waals surface area contributed by atoms with E-state index >= 15 is 0 Å². The van der Waals surface area contributed by atoms with E-state index in [4.69, 9.17) is 4.74 Å². The molecule has 3 aliphatic rings. The van der Waals surface area contributed by atoms with Crippen molar-refractivity contribution in [3.63, 3.8) is 0 Å². The summed E-state index contributed by atoms with van der Waals surface area (Å²) >= 11 is 0. The number of methoxy groups -OCH3 is 1. The maximum Gasteiger partial charge on any atom is 0.325 e. The minimum atomic E-state index is -0.179. The van der Waals surface area contributed by atoms with E-state index in [1.807, 2.05) is 7.11 Å². The maximum absolute atomic E-state index is 13.3. The predicted molar refractivity (Wildman–Crippen MR) is 123 cm³/mol. The lowest BCUT2D eigenvalue weighted by Gasteiger charge is -2.59. The van der Waals surface area contributed by atoms with Crippen LogP contribution in [0.15, 0.2) is 17.2 Å². The molecule has 1 aromatic rings. The number of hydrogen-bond acceptors (Lipinski definition) is 3. The van der Waals surface area contributed by atoms with Crippen molar-refractivity contribution in [3.8, 4) is 0 Å². The van der Waals surface area contributed by atoms with Gasteiger partial charge in [0, 0.05) is 32.0 Å². The average molecular weight is 431 g/mol. The topological polar surface area (TPSA) is 64.1 Å². The largest absolute Gasteiger partial charge is 0.385 e. The molecular formula is C26H42N2O3. The van der Waals surface area contributed by atoms with Gasteiger partial charge < -0.3 is 9.72 Å². The number of aromatic amines is 1. The van der Waals surface area contributed by atoms with E-state index in [9.17, 15) is 9.59 Å². The third-order valence-corrected chi connectivity index (χ3v) is 9.96. The number of Topliss-reactive ketones (excluding diaryl/α,β-unsaturated/α-hetero) is 1. The van der Waals surface area contributed by atoms with Gasteiger partial charge in [0.25, 0.3) is 0 Å². The Labute approximate surface area is 187 Å². The molecule has 1 aromatic heterocycles. The second kappa shape index (κ2) is 8.88. The molecule has 0 saturated heterocycles. The number of H-pyrrole nitrogens is 1. The Morgan fingerprint density at radius 2 is 2.00 bits per heavy atom. The van der Waals surface area contributed by atoms with Crippen molar-refractivity contribution in [2.75, 3.05) is 13.7 Å². The van der Waals surface area contributed by atoms with Gasteiger partial charge in [-0.3, -0.25) is 9.36 Å². The molecule has 7 unspecified atom stereocenters. The van der Waals surface area contributed by atoms with Crippen LogP contribution in [0.25, 0.3) is 0 Å². The SMILES string of the molecule is CCCC1(C)C(CCOC)CCC2C1CCC1(C)C(C(=O)Cn3cc[nH]c3=O)CCC21. The van der Waals surface area contributed by atoms with Crippen LogP contribution in [0.1, 0.15) is 78.6 Å². The number of carbonyl (C=O) groups excluding carboxylic acids is 1. The molecule has 5 nitrogen and oxygen atoms in total. The van der Waals surface area contributed by atoms with Crippen molar-refractivity contribution < 1.29 is 9.53 Å². The molecule has 0 amide bonds. The van der Waals surface area contributed by atoms with Crippen LogP contribution in [-0.2, 0) is 16.1 Å². The molecule has 1 N–H and O–H groups in total. The molecule has 174 valence electrons. The van der Waals surface area contributed by atoms with Crippen molar-refractivity contribution in [1.82, 2.24) is 9.55 Å². The fourth-order valence-electron chi connectivity index (χ4n) is 8.48. The summed E-state index contributed by atoms with van der Waals surface area (Å²) in [5.74, 6) is 3.31. The van der Waals surface area contributed by atoms with E-state index in [0.29, 0.717) is 11.3 Å². The van der Waals surface area contributed by atoms with E-state index < -0.39 is 0 Å². The van der Waals surface area contributed by atoms with Gasteiger partial charge in [0.15, 0.2) is 5.78 Å². The summed E-state index contributed by atoms with van der Waals surface area (Å²) in [6.45, 7) is 8.40. The number of imidazole rings is 1. The van der Waals surface area contributed by atoms with Crippen LogP contribution < -0.4 is 5.69 Å². The fourth-order valence-corrected chi connectivity index (χ4v) is 8.48. The van der Waals surface area contributed by atoms with Crippen molar-refractivity contribution in [3.05, 3.63) is 22.9 Å². The van der Waals surface area contributed by atoms with Gasteiger partial charge in [0.2, 0.25) is 0 Å². The molecule has 3 saturated carbocycles. The van der Waals surface area contributed by atoms with Crippen LogP contribution in [0.2, 0.25) is 0 Å². The quantitative estimate of drug-likeness (QED) is 0.627. The lowest BCUT2D eigenvalue weighted by Crippen LogP contribution is -2.52. The maximum atomic E-state index is 13.3. The van der Waals surface area contributed by atoms with Crippen molar-refractivity contribution in [2.45, 2.75) is 85.1 Å². The first kappa shape index (κ1) is 22.8. The summed E-state index contributed by atoms with van der Waals surface area (Å²) in [5, 5.41) is 0. The first-order valence-electron chi connectivity index (χ1n) is 12.6. The van der Waals surface area contributed by atoms with E-state index in [1.165, 1.54) is 49.5 Å². The van der Waals surface area contributed by atoms with Crippen LogP contribution in [-0.4, -0.2) is 29.1 Å². The van der Waals surface area contributed by atoms with Crippen LogP contribution in [0.3, 0.4) is 0 Å². The van der Waals surface area contributed by atoms with Gasteiger partial charge in [0.05, 0.1) is 6.54 Å². The van der Waals surface area contributed by atoms with Gasteiger partial charge in [0.1, 0.15) is 0 Å². The van der Waals surface area contributed by atoms with Gasteiger partial charge >= 0.3 is 5.69 Å². The number of hydrogen-bond donors (Lipinski definition) is 1.